The fraction of sp³-hybridized carbons (Fsp3) is 0.706. The van der Waals surface area contributed by atoms with Gasteiger partial charge in [0, 0.05) is 13.2 Å². The van der Waals surface area contributed by atoms with Crippen LogP contribution in [-0.4, -0.2) is 67.8 Å². The summed E-state index contributed by atoms with van der Waals surface area (Å²) >= 11 is 0. The van der Waals surface area contributed by atoms with Gasteiger partial charge in [0.05, 0.1) is 12.9 Å². The molecule has 1 aliphatic heterocycles. The van der Waals surface area contributed by atoms with E-state index in [2.05, 4.69) is 20.3 Å². The number of hydrogen-bond donors (Lipinski definition) is 3. The van der Waals surface area contributed by atoms with Crippen molar-refractivity contribution in [1.29, 1.82) is 0 Å². The second-order valence-electron chi connectivity index (χ2n) is 6.96. The van der Waals surface area contributed by atoms with Gasteiger partial charge in [0.2, 0.25) is 0 Å². The quantitative estimate of drug-likeness (QED) is 0.716. The van der Waals surface area contributed by atoms with Gasteiger partial charge in [-0.25, -0.2) is 15.0 Å². The van der Waals surface area contributed by atoms with Crippen molar-refractivity contribution >= 4 is 17.0 Å². The molecule has 0 amide bonds. The molecule has 3 heterocycles. The van der Waals surface area contributed by atoms with Crippen LogP contribution in [0.15, 0.2) is 12.7 Å². The van der Waals surface area contributed by atoms with Gasteiger partial charge in [-0.1, -0.05) is 19.3 Å². The lowest BCUT2D eigenvalue weighted by Crippen LogP contribution is -2.34. The highest BCUT2D eigenvalue weighted by Gasteiger charge is 2.45. The molecule has 2 fully saturated rings. The summed E-state index contributed by atoms with van der Waals surface area (Å²) in [6.45, 7) is -0.284. The van der Waals surface area contributed by atoms with Gasteiger partial charge in [-0.3, -0.25) is 4.57 Å². The van der Waals surface area contributed by atoms with Crippen molar-refractivity contribution in [2.24, 2.45) is 0 Å². The van der Waals surface area contributed by atoms with Gasteiger partial charge in [0.15, 0.2) is 23.2 Å². The zero-order valence-electron chi connectivity index (χ0n) is 14.8. The van der Waals surface area contributed by atoms with Crippen LogP contribution in [0.5, 0.6) is 0 Å². The van der Waals surface area contributed by atoms with E-state index in [-0.39, 0.29) is 6.61 Å². The second kappa shape index (κ2) is 7.43. The maximum absolute atomic E-state index is 10.3. The Kier molecular flexibility index (Phi) is 5.03. The van der Waals surface area contributed by atoms with E-state index < -0.39 is 24.5 Å². The fourth-order valence-corrected chi connectivity index (χ4v) is 3.93. The van der Waals surface area contributed by atoms with E-state index in [1.807, 2.05) is 0 Å². The highest BCUT2D eigenvalue weighted by molar-refractivity contribution is 5.82. The molecule has 4 atom stereocenters. The molecule has 4 rings (SSSR count). The van der Waals surface area contributed by atoms with Crippen LogP contribution in [0.3, 0.4) is 0 Å². The van der Waals surface area contributed by atoms with E-state index in [0.717, 1.165) is 12.8 Å². The van der Waals surface area contributed by atoms with E-state index in [4.69, 9.17) is 9.47 Å². The first-order valence-corrected chi connectivity index (χ1v) is 9.14. The zero-order valence-corrected chi connectivity index (χ0v) is 14.8. The molecule has 26 heavy (non-hydrogen) atoms. The van der Waals surface area contributed by atoms with Crippen LogP contribution in [0.2, 0.25) is 0 Å². The summed E-state index contributed by atoms with van der Waals surface area (Å²) in [4.78, 5) is 13.2. The fourth-order valence-electron chi connectivity index (χ4n) is 3.93. The van der Waals surface area contributed by atoms with Crippen LogP contribution in [0.4, 0.5) is 5.82 Å². The lowest BCUT2D eigenvalue weighted by molar-refractivity contribution is -0.0583. The number of anilines is 1. The number of aliphatic hydroxyl groups excluding tert-OH is 2. The van der Waals surface area contributed by atoms with Gasteiger partial charge in [-0.2, -0.15) is 0 Å². The van der Waals surface area contributed by atoms with Crippen molar-refractivity contribution in [1.82, 2.24) is 19.5 Å². The first kappa shape index (κ1) is 17.6. The Morgan fingerprint density at radius 1 is 1.27 bits per heavy atom. The molecule has 2 aromatic rings. The molecule has 2 aromatic heterocycles. The topological polar surface area (TPSA) is 115 Å². The summed E-state index contributed by atoms with van der Waals surface area (Å²) in [6.07, 6.45) is 6.27. The third-order valence-corrected chi connectivity index (χ3v) is 5.34. The molecule has 2 aliphatic rings. The summed E-state index contributed by atoms with van der Waals surface area (Å²) in [5.74, 6) is 0.715. The Labute approximate surface area is 151 Å². The Bertz CT molecular complexity index is 748. The third-order valence-electron chi connectivity index (χ3n) is 5.34. The van der Waals surface area contributed by atoms with Crippen molar-refractivity contribution in [2.45, 2.75) is 62.7 Å². The smallest absolute Gasteiger partial charge is 0.167 e. The van der Waals surface area contributed by atoms with Gasteiger partial charge in [0.1, 0.15) is 24.6 Å². The van der Waals surface area contributed by atoms with Crippen LogP contribution in [0, 0.1) is 0 Å². The number of hydrogen-bond acceptors (Lipinski definition) is 8. The summed E-state index contributed by atoms with van der Waals surface area (Å²) in [5, 5.41) is 23.2. The van der Waals surface area contributed by atoms with Crippen molar-refractivity contribution in [3.05, 3.63) is 12.7 Å². The predicted octanol–water partition coefficient (Wildman–Crippen LogP) is 0.836. The maximum Gasteiger partial charge on any atom is 0.167 e. The number of aromatic nitrogens is 4. The van der Waals surface area contributed by atoms with Crippen LogP contribution in [0.25, 0.3) is 11.2 Å². The molecule has 2 unspecified atom stereocenters. The number of nitrogens with one attached hydrogen (secondary N) is 1. The minimum absolute atomic E-state index is 0.284. The van der Waals surface area contributed by atoms with Crippen molar-refractivity contribution < 1.29 is 19.7 Å². The zero-order chi connectivity index (χ0) is 18.1. The molecule has 0 spiro atoms. The van der Waals surface area contributed by atoms with Gasteiger partial charge < -0.3 is 25.0 Å². The summed E-state index contributed by atoms with van der Waals surface area (Å²) < 4.78 is 12.9. The minimum Gasteiger partial charge on any atom is -0.394 e. The Morgan fingerprint density at radius 3 is 2.81 bits per heavy atom. The molecule has 1 aliphatic carbocycles. The Balaban J connectivity index is 1.64. The SMILES string of the molecule is COC1C(O)[C@@H](CO)O[C@H]1n1cnc2c(NC3CCCCC3)ncnc21. The van der Waals surface area contributed by atoms with E-state index in [1.165, 1.54) is 32.7 Å². The molecule has 3 N–H and O–H groups in total. The van der Waals surface area contributed by atoms with E-state index in [9.17, 15) is 10.2 Å². The second-order valence-corrected chi connectivity index (χ2v) is 6.96. The van der Waals surface area contributed by atoms with Gasteiger partial charge >= 0.3 is 0 Å². The molecule has 1 saturated carbocycles. The number of aliphatic hydroxyl groups is 2. The van der Waals surface area contributed by atoms with E-state index in [1.54, 1.807) is 10.9 Å². The Hall–Kier alpha value is -1.81. The molecule has 9 heteroatoms. The monoisotopic (exact) mass is 363 g/mol. The average molecular weight is 363 g/mol. The molecular weight excluding hydrogens is 338 g/mol. The highest BCUT2D eigenvalue weighted by atomic mass is 16.6. The van der Waals surface area contributed by atoms with Crippen LogP contribution in [-0.2, 0) is 9.47 Å². The normalized spacial score (nSPS) is 30.1. The van der Waals surface area contributed by atoms with Crippen LogP contribution >= 0.6 is 0 Å². The van der Waals surface area contributed by atoms with E-state index >= 15 is 0 Å². The standard InChI is InChI=1S/C17H25N5O4/c1-25-14-13(24)11(7-23)26-17(14)22-9-20-12-15(18-8-19-16(12)22)21-10-5-3-2-4-6-10/h8-11,13-14,17,23-24H,2-7H2,1H3,(H,18,19,21)/t11-,13?,14?,17-/m1/s1. The number of fused-ring (bicyclic) bond motifs is 1. The van der Waals surface area contributed by atoms with Crippen molar-refractivity contribution in [3.8, 4) is 0 Å². The van der Waals surface area contributed by atoms with Gasteiger partial charge in [-0.05, 0) is 12.8 Å². The molecule has 9 nitrogen and oxygen atoms in total. The van der Waals surface area contributed by atoms with E-state index in [0.29, 0.717) is 23.0 Å². The predicted molar refractivity (Wildman–Crippen MR) is 93.6 cm³/mol. The molecule has 1 saturated heterocycles. The lowest BCUT2D eigenvalue weighted by Gasteiger charge is -2.23. The van der Waals surface area contributed by atoms with Crippen molar-refractivity contribution in [2.75, 3.05) is 19.0 Å². The molecule has 0 radical (unpaired) electrons. The molecular formula is C17H25N5O4. The van der Waals surface area contributed by atoms with Crippen LogP contribution in [0.1, 0.15) is 38.3 Å². The number of methoxy groups -OCH3 is 1. The highest BCUT2D eigenvalue weighted by Crippen LogP contribution is 2.34. The first-order valence-electron chi connectivity index (χ1n) is 9.14. The number of rotatable bonds is 5. The summed E-state index contributed by atoms with van der Waals surface area (Å²) in [6, 6.07) is 0.405. The first-order chi connectivity index (χ1) is 12.7. The summed E-state index contributed by atoms with van der Waals surface area (Å²) in [7, 11) is 1.51. The van der Waals surface area contributed by atoms with Crippen LogP contribution < -0.4 is 5.32 Å². The largest absolute Gasteiger partial charge is 0.394 e. The molecule has 142 valence electrons. The Morgan fingerprint density at radius 2 is 2.08 bits per heavy atom. The number of ether oxygens (including phenoxy) is 2. The molecule has 0 aromatic carbocycles. The number of nitrogens with zero attached hydrogens (tertiary/aromatic N) is 4. The van der Waals surface area contributed by atoms with Gasteiger partial charge in [-0.15, -0.1) is 0 Å². The summed E-state index contributed by atoms with van der Waals surface area (Å²) in [5.41, 5.74) is 1.27. The lowest BCUT2D eigenvalue weighted by atomic mass is 9.95. The third kappa shape index (κ3) is 3.05. The number of imidazole rings is 1. The van der Waals surface area contributed by atoms with Gasteiger partial charge in [0.25, 0.3) is 0 Å². The minimum atomic E-state index is -0.922. The average Bonchev–Trinajstić information content (AvgIpc) is 3.23. The van der Waals surface area contributed by atoms with Crippen molar-refractivity contribution in [3.63, 3.8) is 0 Å². The maximum atomic E-state index is 10.3. The molecule has 0 bridgehead atoms.